The molecule has 120 valence electrons. The van der Waals surface area contributed by atoms with Gasteiger partial charge in [-0.05, 0) is 26.3 Å². The van der Waals surface area contributed by atoms with Crippen LogP contribution < -0.4 is 21.5 Å². The predicted octanol–water partition coefficient (Wildman–Crippen LogP) is 0.483. The average molecular weight is 304 g/mol. The first-order valence-corrected chi connectivity index (χ1v) is 7.49. The lowest BCUT2D eigenvalue weighted by molar-refractivity contribution is -0.129. The van der Waals surface area contributed by atoms with Gasteiger partial charge in [0, 0.05) is 12.1 Å². The number of amides is 2. The summed E-state index contributed by atoms with van der Waals surface area (Å²) < 4.78 is 0. The number of carbonyl (C=O) groups excluding carboxylic acids is 2. The molecule has 4 N–H and O–H groups in total. The predicted molar refractivity (Wildman–Crippen MR) is 84.7 cm³/mol. The molecule has 2 amide bonds. The van der Waals surface area contributed by atoms with Crippen LogP contribution in [0.5, 0.6) is 0 Å². The lowest BCUT2D eigenvalue weighted by atomic mass is 9.94. The topological polar surface area (TPSA) is 82.3 Å². The molecule has 22 heavy (non-hydrogen) atoms. The van der Waals surface area contributed by atoms with Gasteiger partial charge >= 0.3 is 0 Å². The first-order chi connectivity index (χ1) is 10.4. The number of hydrazine groups is 1. The molecule has 1 aromatic rings. The Kier molecular flexibility index (Phi) is 5.15. The van der Waals surface area contributed by atoms with Crippen LogP contribution in [0.2, 0.25) is 0 Å². The fraction of sp³-hybridized carbons (Fsp3) is 0.500. The molecule has 1 saturated heterocycles. The summed E-state index contributed by atoms with van der Waals surface area (Å²) in [7, 11) is 0. The maximum atomic E-state index is 12.3. The van der Waals surface area contributed by atoms with Gasteiger partial charge in [0.25, 0.3) is 0 Å². The monoisotopic (exact) mass is 304 g/mol. The van der Waals surface area contributed by atoms with E-state index in [2.05, 4.69) is 21.5 Å². The van der Waals surface area contributed by atoms with E-state index in [1.807, 2.05) is 51.1 Å². The fourth-order valence-corrected chi connectivity index (χ4v) is 2.48. The van der Waals surface area contributed by atoms with Crippen LogP contribution in [0.15, 0.2) is 30.3 Å². The molecule has 2 atom stereocenters. The minimum atomic E-state index is -0.301. The van der Waals surface area contributed by atoms with E-state index in [9.17, 15) is 9.59 Å². The van der Waals surface area contributed by atoms with Crippen LogP contribution in [0.25, 0.3) is 0 Å². The van der Waals surface area contributed by atoms with Crippen LogP contribution in [0, 0.1) is 5.92 Å². The van der Waals surface area contributed by atoms with Crippen LogP contribution in [0.3, 0.4) is 0 Å². The van der Waals surface area contributed by atoms with Crippen molar-refractivity contribution in [2.24, 2.45) is 5.92 Å². The summed E-state index contributed by atoms with van der Waals surface area (Å²) in [6.07, 6.45) is 0. The van der Waals surface area contributed by atoms with Crippen molar-refractivity contribution in [1.82, 2.24) is 21.5 Å². The molecule has 6 nitrogen and oxygen atoms in total. The molecular weight excluding hydrogens is 280 g/mol. The van der Waals surface area contributed by atoms with Crippen molar-refractivity contribution in [2.75, 3.05) is 13.1 Å². The molecule has 2 unspecified atom stereocenters. The standard InChI is InChI=1S/C16H24N4O2/c1-16(2,3)19-13(21)10-17-15(22)12-9-18-20-14(12)11-7-5-4-6-8-11/h4-8,12,14,18,20H,9-10H2,1-3H3,(H,17,22)(H,19,21). The first kappa shape index (κ1) is 16.5. The summed E-state index contributed by atoms with van der Waals surface area (Å²) in [5.74, 6) is -0.559. The lowest BCUT2D eigenvalue weighted by Gasteiger charge is -2.22. The average Bonchev–Trinajstić information content (AvgIpc) is 2.93. The van der Waals surface area contributed by atoms with Gasteiger partial charge in [0.15, 0.2) is 0 Å². The molecule has 0 spiro atoms. The second-order valence-corrected chi connectivity index (χ2v) is 6.54. The van der Waals surface area contributed by atoms with Gasteiger partial charge < -0.3 is 10.6 Å². The number of benzene rings is 1. The third-order valence-electron chi connectivity index (χ3n) is 3.41. The van der Waals surface area contributed by atoms with Crippen LogP contribution in [-0.2, 0) is 9.59 Å². The molecule has 1 aromatic carbocycles. The van der Waals surface area contributed by atoms with Crippen molar-refractivity contribution in [2.45, 2.75) is 32.4 Å². The summed E-state index contributed by atoms with van der Waals surface area (Å²) in [5.41, 5.74) is 6.88. The zero-order chi connectivity index (χ0) is 16.2. The second-order valence-electron chi connectivity index (χ2n) is 6.54. The van der Waals surface area contributed by atoms with Crippen LogP contribution >= 0.6 is 0 Å². The van der Waals surface area contributed by atoms with E-state index in [4.69, 9.17) is 0 Å². The summed E-state index contributed by atoms with van der Waals surface area (Å²) in [5, 5.41) is 5.54. The fourth-order valence-electron chi connectivity index (χ4n) is 2.48. The maximum Gasteiger partial charge on any atom is 0.239 e. The number of carbonyl (C=O) groups is 2. The Hall–Kier alpha value is -1.92. The molecule has 0 aliphatic carbocycles. The highest BCUT2D eigenvalue weighted by Crippen LogP contribution is 2.24. The van der Waals surface area contributed by atoms with Gasteiger partial charge in [-0.3, -0.25) is 15.0 Å². The Morgan fingerprint density at radius 3 is 2.55 bits per heavy atom. The van der Waals surface area contributed by atoms with E-state index >= 15 is 0 Å². The first-order valence-electron chi connectivity index (χ1n) is 7.49. The normalized spacial score (nSPS) is 21.4. The quantitative estimate of drug-likeness (QED) is 0.652. The number of rotatable bonds is 4. The Morgan fingerprint density at radius 1 is 1.23 bits per heavy atom. The SMILES string of the molecule is CC(C)(C)NC(=O)CNC(=O)C1CNNC1c1ccccc1. The molecule has 0 saturated carbocycles. The van der Waals surface area contributed by atoms with Gasteiger partial charge in [-0.2, -0.15) is 0 Å². The van der Waals surface area contributed by atoms with E-state index in [0.717, 1.165) is 5.56 Å². The molecular formula is C16H24N4O2. The Balaban J connectivity index is 1.90. The molecule has 2 rings (SSSR count). The highest BCUT2D eigenvalue weighted by Gasteiger charge is 2.33. The second kappa shape index (κ2) is 6.89. The molecule has 6 heteroatoms. The largest absolute Gasteiger partial charge is 0.350 e. The molecule has 1 heterocycles. The van der Waals surface area contributed by atoms with Gasteiger partial charge in [0.2, 0.25) is 11.8 Å². The molecule has 0 aromatic heterocycles. The van der Waals surface area contributed by atoms with Gasteiger partial charge in [0.1, 0.15) is 0 Å². The van der Waals surface area contributed by atoms with Crippen LogP contribution in [-0.4, -0.2) is 30.4 Å². The Labute approximate surface area is 131 Å². The van der Waals surface area contributed by atoms with Crippen molar-refractivity contribution in [3.05, 3.63) is 35.9 Å². The minimum absolute atomic E-state index is 0.00584. The Morgan fingerprint density at radius 2 is 1.91 bits per heavy atom. The van der Waals surface area contributed by atoms with E-state index in [1.54, 1.807) is 0 Å². The molecule has 1 fully saturated rings. The van der Waals surface area contributed by atoms with Crippen molar-refractivity contribution < 1.29 is 9.59 Å². The molecule has 1 aliphatic rings. The van der Waals surface area contributed by atoms with Crippen LogP contribution in [0.1, 0.15) is 32.4 Å². The third-order valence-corrected chi connectivity index (χ3v) is 3.41. The van der Waals surface area contributed by atoms with Crippen molar-refractivity contribution in [3.63, 3.8) is 0 Å². The number of hydrogen-bond donors (Lipinski definition) is 4. The van der Waals surface area contributed by atoms with Gasteiger partial charge in [-0.25, -0.2) is 5.43 Å². The highest BCUT2D eigenvalue weighted by atomic mass is 16.2. The summed E-state index contributed by atoms with van der Waals surface area (Å²) >= 11 is 0. The minimum Gasteiger partial charge on any atom is -0.350 e. The van der Waals surface area contributed by atoms with E-state index in [0.29, 0.717) is 6.54 Å². The third kappa shape index (κ3) is 4.54. The maximum absolute atomic E-state index is 12.3. The highest BCUT2D eigenvalue weighted by molar-refractivity contribution is 5.86. The summed E-state index contributed by atoms with van der Waals surface area (Å²) in [6, 6.07) is 9.71. The van der Waals surface area contributed by atoms with Crippen molar-refractivity contribution >= 4 is 11.8 Å². The van der Waals surface area contributed by atoms with E-state index in [-0.39, 0.29) is 35.9 Å². The van der Waals surface area contributed by atoms with Gasteiger partial charge in [-0.15, -0.1) is 0 Å². The number of hydrogen-bond acceptors (Lipinski definition) is 4. The van der Waals surface area contributed by atoms with E-state index < -0.39 is 0 Å². The molecule has 1 aliphatic heterocycles. The van der Waals surface area contributed by atoms with Gasteiger partial charge in [0.05, 0.1) is 18.5 Å². The van der Waals surface area contributed by atoms with Gasteiger partial charge in [-0.1, -0.05) is 30.3 Å². The zero-order valence-corrected chi connectivity index (χ0v) is 13.3. The number of nitrogens with one attached hydrogen (secondary N) is 4. The van der Waals surface area contributed by atoms with Crippen molar-refractivity contribution in [3.8, 4) is 0 Å². The van der Waals surface area contributed by atoms with E-state index in [1.165, 1.54) is 0 Å². The van der Waals surface area contributed by atoms with Crippen molar-refractivity contribution in [1.29, 1.82) is 0 Å². The smallest absolute Gasteiger partial charge is 0.239 e. The summed E-state index contributed by atoms with van der Waals surface area (Å²) in [6.45, 7) is 6.25. The zero-order valence-electron chi connectivity index (χ0n) is 13.3. The Bertz CT molecular complexity index is 525. The molecule has 0 bridgehead atoms. The lowest BCUT2D eigenvalue weighted by Crippen LogP contribution is -2.47. The summed E-state index contributed by atoms with van der Waals surface area (Å²) in [4.78, 5) is 24.1. The molecule has 0 radical (unpaired) electrons. The van der Waals surface area contributed by atoms with Crippen LogP contribution in [0.4, 0.5) is 0 Å².